The van der Waals surface area contributed by atoms with Gasteiger partial charge in [0.05, 0.1) is 17.5 Å². The van der Waals surface area contributed by atoms with Crippen molar-refractivity contribution >= 4 is 0 Å². The fourth-order valence-electron chi connectivity index (χ4n) is 3.13. The first-order valence-electron chi connectivity index (χ1n) is 9.27. The van der Waals surface area contributed by atoms with Gasteiger partial charge in [-0.25, -0.2) is 9.37 Å². The van der Waals surface area contributed by atoms with Crippen LogP contribution in [0.2, 0.25) is 0 Å². The van der Waals surface area contributed by atoms with E-state index < -0.39 is 5.60 Å². The third-order valence-electron chi connectivity index (χ3n) is 4.82. The number of aliphatic hydroxyl groups excluding tert-OH is 1. The quantitative estimate of drug-likeness (QED) is 0.582. The van der Waals surface area contributed by atoms with Crippen molar-refractivity contribution in [2.75, 3.05) is 6.61 Å². The third kappa shape index (κ3) is 4.82. The number of rotatable bonds is 7. The Bertz CT molecular complexity index is 916. The Morgan fingerprint density at radius 3 is 2.29 bits per heavy atom. The normalized spacial score (nSPS) is 14.1. The summed E-state index contributed by atoms with van der Waals surface area (Å²) in [5, 5.41) is 20.4. The number of nitrogens with one attached hydrogen (secondary N) is 1. The Kier molecular flexibility index (Phi) is 5.63. The van der Waals surface area contributed by atoms with Gasteiger partial charge < -0.3 is 15.2 Å². The molecule has 6 heteroatoms. The molecule has 3 aromatic rings. The maximum atomic E-state index is 13.0. The van der Waals surface area contributed by atoms with Crippen LogP contribution in [0.4, 0.5) is 4.39 Å². The summed E-state index contributed by atoms with van der Waals surface area (Å²) >= 11 is 0. The van der Waals surface area contributed by atoms with Gasteiger partial charge in [-0.05, 0) is 36.5 Å². The zero-order chi connectivity index (χ0) is 20.4. The van der Waals surface area contributed by atoms with Crippen LogP contribution in [0.5, 0.6) is 0 Å². The number of nitrogens with zero attached hydrogens (tertiary/aromatic N) is 2. The fraction of sp³-hybridized carbons (Fsp3) is 0.364. The van der Waals surface area contributed by atoms with Crippen LogP contribution in [-0.4, -0.2) is 31.8 Å². The molecule has 3 N–H and O–H groups in total. The summed E-state index contributed by atoms with van der Waals surface area (Å²) in [5.74, 6) is 0.321. The van der Waals surface area contributed by atoms with Gasteiger partial charge in [0.15, 0.2) is 0 Å². The van der Waals surface area contributed by atoms with E-state index >= 15 is 0 Å². The van der Waals surface area contributed by atoms with Crippen molar-refractivity contribution in [3.8, 4) is 11.3 Å². The van der Waals surface area contributed by atoms with Gasteiger partial charge in [0.2, 0.25) is 0 Å². The lowest BCUT2D eigenvalue weighted by Gasteiger charge is -2.23. The van der Waals surface area contributed by atoms with Crippen LogP contribution in [0.3, 0.4) is 0 Å². The van der Waals surface area contributed by atoms with Crippen molar-refractivity contribution in [3.05, 3.63) is 71.7 Å². The van der Waals surface area contributed by atoms with E-state index in [1.54, 1.807) is 19.2 Å². The number of benzene rings is 1. The van der Waals surface area contributed by atoms with Gasteiger partial charge in [0.25, 0.3) is 0 Å². The van der Waals surface area contributed by atoms with Gasteiger partial charge in [-0.3, -0.25) is 4.98 Å². The molecule has 0 saturated carbocycles. The molecule has 5 nitrogen and oxygen atoms in total. The second kappa shape index (κ2) is 7.81. The largest absolute Gasteiger partial charge is 0.396 e. The summed E-state index contributed by atoms with van der Waals surface area (Å²) in [6.07, 6.45) is 3.96. The van der Waals surface area contributed by atoms with Crippen molar-refractivity contribution in [2.24, 2.45) is 5.41 Å². The Balaban J connectivity index is 1.72. The Morgan fingerprint density at radius 2 is 1.68 bits per heavy atom. The Hall–Kier alpha value is -2.57. The standard InChI is InChI=1S/C22H26FN3O2/c1-21(2,14-27)10-18-13-25-20(26-18)11-22(3,28)16-6-4-15(5-7-16)19-9-8-17(23)12-24-19/h4-9,12-13,27-28H,10-11,14H2,1-3H3,(H,25,26). The van der Waals surface area contributed by atoms with E-state index in [9.17, 15) is 14.6 Å². The van der Waals surface area contributed by atoms with Crippen molar-refractivity contribution in [1.29, 1.82) is 0 Å². The average molecular weight is 383 g/mol. The van der Waals surface area contributed by atoms with Gasteiger partial charge >= 0.3 is 0 Å². The van der Waals surface area contributed by atoms with E-state index in [-0.39, 0.29) is 17.8 Å². The molecule has 0 aliphatic heterocycles. The van der Waals surface area contributed by atoms with E-state index in [1.807, 2.05) is 38.1 Å². The lowest BCUT2D eigenvalue weighted by Crippen LogP contribution is -2.25. The van der Waals surface area contributed by atoms with Crippen molar-refractivity contribution in [2.45, 2.75) is 39.2 Å². The lowest BCUT2D eigenvalue weighted by molar-refractivity contribution is 0.0556. The van der Waals surface area contributed by atoms with E-state index in [4.69, 9.17) is 0 Å². The molecule has 0 radical (unpaired) electrons. The summed E-state index contributed by atoms with van der Waals surface area (Å²) in [6, 6.07) is 10.4. The van der Waals surface area contributed by atoms with Crippen molar-refractivity contribution in [1.82, 2.24) is 15.0 Å². The number of pyridine rings is 1. The topological polar surface area (TPSA) is 82.0 Å². The molecule has 1 aromatic carbocycles. The number of hydrogen-bond acceptors (Lipinski definition) is 4. The second-order valence-corrected chi connectivity index (χ2v) is 8.24. The first-order chi connectivity index (χ1) is 13.2. The third-order valence-corrected chi connectivity index (χ3v) is 4.82. The van der Waals surface area contributed by atoms with Gasteiger partial charge in [-0.15, -0.1) is 0 Å². The minimum absolute atomic E-state index is 0.0916. The smallest absolute Gasteiger partial charge is 0.141 e. The van der Waals surface area contributed by atoms with Crippen LogP contribution < -0.4 is 0 Å². The summed E-state index contributed by atoms with van der Waals surface area (Å²) in [4.78, 5) is 11.7. The molecule has 0 aliphatic carbocycles. The molecule has 28 heavy (non-hydrogen) atoms. The van der Waals surface area contributed by atoms with E-state index in [2.05, 4.69) is 15.0 Å². The van der Waals surface area contributed by atoms with Crippen LogP contribution >= 0.6 is 0 Å². The lowest BCUT2D eigenvalue weighted by atomic mass is 9.89. The molecule has 148 valence electrons. The van der Waals surface area contributed by atoms with Crippen molar-refractivity contribution in [3.63, 3.8) is 0 Å². The molecule has 1 unspecified atom stereocenters. The van der Waals surface area contributed by atoms with Crippen LogP contribution in [0.15, 0.2) is 48.8 Å². The maximum absolute atomic E-state index is 13.0. The number of H-pyrrole nitrogens is 1. The predicted octanol–water partition coefficient (Wildman–Crippen LogP) is 3.62. The molecule has 0 fully saturated rings. The molecule has 0 amide bonds. The SMILES string of the molecule is CC(C)(CO)Cc1cnc(CC(C)(O)c2ccc(-c3ccc(F)cn3)cc2)[nH]1. The van der Waals surface area contributed by atoms with E-state index in [1.165, 1.54) is 12.3 Å². The van der Waals surface area contributed by atoms with Crippen LogP contribution in [-0.2, 0) is 18.4 Å². The summed E-state index contributed by atoms with van der Waals surface area (Å²) < 4.78 is 13.0. The molecule has 2 aromatic heterocycles. The molecule has 1 atom stereocenters. The molecule has 0 aliphatic rings. The van der Waals surface area contributed by atoms with Crippen molar-refractivity contribution < 1.29 is 14.6 Å². The molecule has 0 spiro atoms. The summed E-state index contributed by atoms with van der Waals surface area (Å²) in [5.41, 5.74) is 1.89. The highest BCUT2D eigenvalue weighted by Crippen LogP contribution is 2.27. The first-order valence-corrected chi connectivity index (χ1v) is 9.27. The number of aromatic amines is 1. The van der Waals surface area contributed by atoms with E-state index in [0.717, 1.165) is 16.8 Å². The minimum Gasteiger partial charge on any atom is -0.396 e. The van der Waals surface area contributed by atoms with Gasteiger partial charge in [0, 0.05) is 30.5 Å². The van der Waals surface area contributed by atoms with Crippen LogP contribution in [0.25, 0.3) is 11.3 Å². The molecular formula is C22H26FN3O2. The number of imidazole rings is 1. The van der Waals surface area contributed by atoms with Gasteiger partial charge in [0.1, 0.15) is 11.6 Å². The fourth-order valence-corrected chi connectivity index (χ4v) is 3.13. The van der Waals surface area contributed by atoms with Crippen LogP contribution in [0.1, 0.15) is 37.9 Å². The highest BCUT2D eigenvalue weighted by molar-refractivity contribution is 5.59. The first kappa shape index (κ1) is 20.2. The summed E-state index contributed by atoms with van der Waals surface area (Å²) in [7, 11) is 0. The number of aromatic nitrogens is 3. The van der Waals surface area contributed by atoms with Gasteiger partial charge in [-0.2, -0.15) is 0 Å². The monoisotopic (exact) mass is 383 g/mol. The Labute approximate surface area is 164 Å². The Morgan fingerprint density at radius 1 is 0.964 bits per heavy atom. The average Bonchev–Trinajstić information content (AvgIpc) is 3.08. The zero-order valence-corrected chi connectivity index (χ0v) is 16.4. The molecule has 0 saturated heterocycles. The molecular weight excluding hydrogens is 357 g/mol. The minimum atomic E-state index is -1.10. The molecule has 3 rings (SSSR count). The zero-order valence-electron chi connectivity index (χ0n) is 16.4. The number of halogens is 1. The highest BCUT2D eigenvalue weighted by Gasteiger charge is 2.26. The molecule has 2 heterocycles. The van der Waals surface area contributed by atoms with Crippen LogP contribution in [0, 0.1) is 11.2 Å². The molecule has 0 bridgehead atoms. The number of aliphatic hydroxyl groups is 2. The highest BCUT2D eigenvalue weighted by atomic mass is 19.1. The van der Waals surface area contributed by atoms with E-state index in [0.29, 0.717) is 24.4 Å². The summed E-state index contributed by atoms with van der Waals surface area (Å²) in [6.45, 7) is 5.81. The maximum Gasteiger partial charge on any atom is 0.141 e. The predicted molar refractivity (Wildman–Crippen MR) is 106 cm³/mol. The van der Waals surface area contributed by atoms with Gasteiger partial charge in [-0.1, -0.05) is 38.1 Å². The second-order valence-electron chi connectivity index (χ2n) is 8.24. The number of hydrogen-bond donors (Lipinski definition) is 3.